The molecule has 1 saturated carbocycles. The molecular weight excluding hydrogens is 271 g/mol. The summed E-state index contributed by atoms with van der Waals surface area (Å²) in [6, 6.07) is 3.62. The molecule has 4 nitrogen and oxygen atoms in total. The van der Waals surface area contributed by atoms with E-state index in [9.17, 15) is 14.0 Å². The van der Waals surface area contributed by atoms with E-state index in [2.05, 4.69) is 5.32 Å². The van der Waals surface area contributed by atoms with Gasteiger partial charge in [0.1, 0.15) is 17.9 Å². The fraction of sp³-hybridized carbons (Fsp3) is 0.500. The highest BCUT2D eigenvalue weighted by atomic mass is 19.1. The highest BCUT2D eigenvalue weighted by Gasteiger charge is 2.45. The Hall–Kier alpha value is -1.91. The third kappa shape index (κ3) is 2.64. The second-order valence-corrected chi connectivity index (χ2v) is 6.04. The molecule has 2 atom stereocenters. The number of hydrogen-bond acceptors (Lipinski definition) is 2. The van der Waals surface area contributed by atoms with Gasteiger partial charge in [0.25, 0.3) is 0 Å². The standard InChI is InChI=1S/C16H19FN2O2/c1-9-3-6-13(17)7-12(9)8-19-10(2)15(20)18-14(16(19)21)11-4-5-11/h3,6-7,10-11,14H,4-5,8H2,1-2H3,(H,18,20). The number of amides is 2. The van der Waals surface area contributed by atoms with Gasteiger partial charge in [0.2, 0.25) is 11.8 Å². The van der Waals surface area contributed by atoms with Crippen molar-refractivity contribution in [3.05, 3.63) is 35.1 Å². The molecule has 2 fully saturated rings. The minimum atomic E-state index is -0.518. The Kier molecular flexibility index (Phi) is 3.43. The van der Waals surface area contributed by atoms with Crippen LogP contribution in [0.1, 0.15) is 30.9 Å². The van der Waals surface area contributed by atoms with Crippen molar-refractivity contribution in [3.8, 4) is 0 Å². The number of benzene rings is 1. The van der Waals surface area contributed by atoms with Crippen LogP contribution in [0, 0.1) is 18.7 Å². The van der Waals surface area contributed by atoms with Crippen LogP contribution < -0.4 is 5.32 Å². The predicted octanol–water partition coefficient (Wildman–Crippen LogP) is 1.76. The molecule has 1 aliphatic heterocycles. The smallest absolute Gasteiger partial charge is 0.246 e. The number of rotatable bonds is 3. The van der Waals surface area contributed by atoms with Gasteiger partial charge < -0.3 is 10.2 Å². The molecule has 1 aromatic rings. The van der Waals surface area contributed by atoms with Gasteiger partial charge in [-0.3, -0.25) is 9.59 Å². The molecule has 0 bridgehead atoms. The molecule has 1 aromatic carbocycles. The van der Waals surface area contributed by atoms with E-state index in [1.54, 1.807) is 17.9 Å². The number of nitrogens with zero attached hydrogens (tertiary/aromatic N) is 1. The van der Waals surface area contributed by atoms with Gasteiger partial charge in [-0.1, -0.05) is 6.07 Å². The van der Waals surface area contributed by atoms with Gasteiger partial charge in [-0.15, -0.1) is 0 Å². The lowest BCUT2D eigenvalue weighted by Gasteiger charge is -2.37. The lowest BCUT2D eigenvalue weighted by molar-refractivity contribution is -0.149. The second kappa shape index (κ2) is 5.13. The molecule has 112 valence electrons. The molecule has 0 radical (unpaired) electrons. The van der Waals surface area contributed by atoms with E-state index in [1.165, 1.54) is 12.1 Å². The highest BCUT2D eigenvalue weighted by Crippen LogP contribution is 2.35. The Morgan fingerprint density at radius 2 is 2.05 bits per heavy atom. The molecule has 3 rings (SSSR count). The average Bonchev–Trinajstić information content (AvgIpc) is 3.27. The van der Waals surface area contributed by atoms with Crippen LogP contribution in [0.4, 0.5) is 4.39 Å². The summed E-state index contributed by atoms with van der Waals surface area (Å²) in [6.07, 6.45) is 1.97. The molecule has 1 aliphatic carbocycles. The fourth-order valence-corrected chi connectivity index (χ4v) is 2.80. The molecule has 1 heterocycles. The molecular formula is C16H19FN2O2. The Morgan fingerprint density at radius 1 is 1.33 bits per heavy atom. The number of piperazine rings is 1. The van der Waals surface area contributed by atoms with Crippen molar-refractivity contribution in [3.63, 3.8) is 0 Å². The largest absolute Gasteiger partial charge is 0.342 e. The molecule has 2 amide bonds. The molecule has 5 heteroatoms. The summed E-state index contributed by atoms with van der Waals surface area (Å²) in [7, 11) is 0. The Morgan fingerprint density at radius 3 is 2.71 bits per heavy atom. The lowest BCUT2D eigenvalue weighted by Crippen LogP contribution is -2.62. The zero-order valence-electron chi connectivity index (χ0n) is 12.2. The third-order valence-electron chi connectivity index (χ3n) is 4.44. The molecule has 2 unspecified atom stereocenters. The summed E-state index contributed by atoms with van der Waals surface area (Å²) >= 11 is 0. The number of halogens is 1. The highest BCUT2D eigenvalue weighted by molar-refractivity contribution is 5.97. The normalized spacial score (nSPS) is 26.0. The van der Waals surface area contributed by atoms with E-state index >= 15 is 0 Å². The van der Waals surface area contributed by atoms with Gasteiger partial charge in [0.05, 0.1) is 0 Å². The van der Waals surface area contributed by atoms with Crippen molar-refractivity contribution < 1.29 is 14.0 Å². The molecule has 1 N–H and O–H groups in total. The zero-order valence-corrected chi connectivity index (χ0v) is 12.2. The molecule has 2 aliphatic rings. The van der Waals surface area contributed by atoms with Crippen molar-refractivity contribution in [1.29, 1.82) is 0 Å². The topological polar surface area (TPSA) is 49.4 Å². The quantitative estimate of drug-likeness (QED) is 0.922. The van der Waals surface area contributed by atoms with Crippen molar-refractivity contribution in [2.45, 2.75) is 45.3 Å². The van der Waals surface area contributed by atoms with Crippen molar-refractivity contribution >= 4 is 11.8 Å². The van der Waals surface area contributed by atoms with Crippen LogP contribution in [0.5, 0.6) is 0 Å². The van der Waals surface area contributed by atoms with Gasteiger partial charge >= 0.3 is 0 Å². The molecule has 1 saturated heterocycles. The van der Waals surface area contributed by atoms with Crippen molar-refractivity contribution in [2.75, 3.05) is 0 Å². The summed E-state index contributed by atoms with van der Waals surface area (Å²) in [5.41, 5.74) is 1.67. The van der Waals surface area contributed by atoms with E-state index < -0.39 is 12.1 Å². The van der Waals surface area contributed by atoms with Gasteiger partial charge in [-0.25, -0.2) is 4.39 Å². The van der Waals surface area contributed by atoms with Gasteiger partial charge in [-0.05, 0) is 55.9 Å². The molecule has 0 aromatic heterocycles. The number of carbonyl (C=O) groups excluding carboxylic acids is 2. The summed E-state index contributed by atoms with van der Waals surface area (Å²) < 4.78 is 13.4. The maximum absolute atomic E-state index is 13.4. The van der Waals surface area contributed by atoms with E-state index in [0.717, 1.165) is 24.0 Å². The minimum absolute atomic E-state index is 0.0479. The van der Waals surface area contributed by atoms with Crippen LogP contribution in [0.25, 0.3) is 0 Å². The number of hydrogen-bond donors (Lipinski definition) is 1. The number of aryl methyl sites for hydroxylation is 1. The second-order valence-electron chi connectivity index (χ2n) is 6.04. The first-order valence-electron chi connectivity index (χ1n) is 7.33. The van der Waals surface area contributed by atoms with E-state index in [1.807, 2.05) is 6.92 Å². The minimum Gasteiger partial charge on any atom is -0.342 e. The Balaban J connectivity index is 1.85. The summed E-state index contributed by atoms with van der Waals surface area (Å²) in [4.78, 5) is 26.2. The number of carbonyl (C=O) groups is 2. The maximum Gasteiger partial charge on any atom is 0.246 e. The summed E-state index contributed by atoms with van der Waals surface area (Å²) in [6.45, 7) is 3.87. The van der Waals surface area contributed by atoms with Crippen LogP contribution in [0.2, 0.25) is 0 Å². The maximum atomic E-state index is 13.4. The zero-order chi connectivity index (χ0) is 15.1. The predicted molar refractivity (Wildman–Crippen MR) is 75.8 cm³/mol. The monoisotopic (exact) mass is 290 g/mol. The van der Waals surface area contributed by atoms with Crippen LogP contribution in [0.3, 0.4) is 0 Å². The van der Waals surface area contributed by atoms with Crippen molar-refractivity contribution in [1.82, 2.24) is 10.2 Å². The van der Waals surface area contributed by atoms with Gasteiger partial charge in [0.15, 0.2) is 0 Å². The SMILES string of the molecule is Cc1ccc(F)cc1CN1C(=O)C(C2CC2)NC(=O)C1C. The Bertz CT molecular complexity index is 598. The van der Waals surface area contributed by atoms with Crippen LogP contribution >= 0.6 is 0 Å². The molecule has 0 spiro atoms. The van der Waals surface area contributed by atoms with Gasteiger partial charge in [-0.2, -0.15) is 0 Å². The Labute approximate surface area is 123 Å². The van der Waals surface area contributed by atoms with Crippen molar-refractivity contribution in [2.24, 2.45) is 5.92 Å². The van der Waals surface area contributed by atoms with E-state index in [-0.39, 0.29) is 30.1 Å². The fourth-order valence-electron chi connectivity index (χ4n) is 2.80. The summed E-state index contributed by atoms with van der Waals surface area (Å²) in [5, 5.41) is 2.82. The molecule has 21 heavy (non-hydrogen) atoms. The van der Waals surface area contributed by atoms with Crippen LogP contribution in [-0.4, -0.2) is 28.8 Å². The average molecular weight is 290 g/mol. The summed E-state index contributed by atoms with van der Waals surface area (Å²) in [5.74, 6) is -0.227. The van der Waals surface area contributed by atoms with E-state index in [4.69, 9.17) is 0 Å². The number of nitrogens with one attached hydrogen (secondary N) is 1. The third-order valence-corrected chi connectivity index (χ3v) is 4.44. The first-order chi connectivity index (χ1) is 9.97. The van der Waals surface area contributed by atoms with Gasteiger partial charge in [0, 0.05) is 6.54 Å². The first-order valence-corrected chi connectivity index (χ1v) is 7.33. The van der Waals surface area contributed by atoms with Crippen LogP contribution in [0.15, 0.2) is 18.2 Å². The first kappa shape index (κ1) is 14.0. The van der Waals surface area contributed by atoms with Crippen LogP contribution in [-0.2, 0) is 16.1 Å². The van der Waals surface area contributed by atoms with E-state index in [0.29, 0.717) is 0 Å². The lowest BCUT2D eigenvalue weighted by atomic mass is 10.0.